The lowest BCUT2D eigenvalue weighted by atomic mass is 10.2. The fourth-order valence-electron chi connectivity index (χ4n) is 1.36. The molecule has 92 valence electrons. The first kappa shape index (κ1) is 13.2. The predicted molar refractivity (Wildman–Crippen MR) is 66.2 cm³/mol. The van der Waals surface area contributed by atoms with Gasteiger partial charge in [-0.15, -0.1) is 0 Å². The Kier molecular flexibility index (Phi) is 5.16. The molecule has 0 aliphatic carbocycles. The summed E-state index contributed by atoms with van der Waals surface area (Å²) in [6.07, 6.45) is 1.55. The van der Waals surface area contributed by atoms with Crippen LogP contribution < -0.4 is 10.1 Å². The van der Waals surface area contributed by atoms with Crippen molar-refractivity contribution in [1.82, 2.24) is 5.32 Å². The van der Waals surface area contributed by atoms with Gasteiger partial charge in [0.15, 0.2) is 5.75 Å². The van der Waals surface area contributed by atoms with E-state index >= 15 is 0 Å². The van der Waals surface area contributed by atoms with Crippen LogP contribution in [0.25, 0.3) is 0 Å². The molecule has 0 aliphatic rings. The monoisotopic (exact) mass is 236 g/mol. The maximum atomic E-state index is 10.9. The van der Waals surface area contributed by atoms with E-state index in [0.29, 0.717) is 6.54 Å². The minimum atomic E-state index is -0.437. The predicted octanol–water partition coefficient (Wildman–Crippen LogP) is 2.27. The van der Waals surface area contributed by atoms with E-state index in [1.54, 1.807) is 12.1 Å². The fraction of sp³-hybridized carbons (Fsp3) is 0.333. The standard InChI is InChI=1S/C12H16N2O3/c1-3-7-17-12-6-5-10(9-13-4-2)8-11(12)14(15)16/h3,5-6,8,13H,1,4,7,9H2,2H3. The van der Waals surface area contributed by atoms with Gasteiger partial charge >= 0.3 is 5.69 Å². The van der Waals surface area contributed by atoms with Crippen LogP contribution in [0.4, 0.5) is 5.69 Å². The summed E-state index contributed by atoms with van der Waals surface area (Å²) in [5.74, 6) is 0.273. The van der Waals surface area contributed by atoms with Crippen LogP contribution in [0.5, 0.6) is 5.75 Å². The van der Waals surface area contributed by atoms with Crippen LogP contribution in [0.1, 0.15) is 12.5 Å². The molecule has 0 fully saturated rings. The Labute approximate surface area is 100 Å². The van der Waals surface area contributed by atoms with Crippen molar-refractivity contribution in [1.29, 1.82) is 0 Å². The summed E-state index contributed by atoms with van der Waals surface area (Å²) in [4.78, 5) is 10.5. The van der Waals surface area contributed by atoms with Crippen LogP contribution >= 0.6 is 0 Å². The number of nitro groups is 1. The van der Waals surface area contributed by atoms with Gasteiger partial charge in [-0.25, -0.2) is 0 Å². The van der Waals surface area contributed by atoms with Crippen LogP contribution in [-0.2, 0) is 6.54 Å². The van der Waals surface area contributed by atoms with E-state index in [2.05, 4.69) is 11.9 Å². The van der Waals surface area contributed by atoms with Crippen LogP contribution in [0.15, 0.2) is 30.9 Å². The topological polar surface area (TPSA) is 64.4 Å². The zero-order valence-electron chi connectivity index (χ0n) is 9.81. The number of hydrogen-bond donors (Lipinski definition) is 1. The highest BCUT2D eigenvalue weighted by Gasteiger charge is 2.15. The molecular weight excluding hydrogens is 220 g/mol. The Morgan fingerprint density at radius 2 is 2.35 bits per heavy atom. The van der Waals surface area contributed by atoms with Gasteiger partial charge in [0.2, 0.25) is 0 Å². The van der Waals surface area contributed by atoms with Gasteiger partial charge in [0.05, 0.1) is 4.92 Å². The molecule has 0 spiro atoms. The molecule has 1 aromatic rings. The second-order valence-corrected chi connectivity index (χ2v) is 3.44. The normalized spacial score (nSPS) is 9.94. The van der Waals surface area contributed by atoms with Crippen LogP contribution in [0.3, 0.4) is 0 Å². The average Bonchev–Trinajstić information content (AvgIpc) is 2.34. The van der Waals surface area contributed by atoms with Gasteiger partial charge < -0.3 is 10.1 Å². The molecule has 17 heavy (non-hydrogen) atoms. The molecule has 0 aromatic heterocycles. The largest absolute Gasteiger partial charge is 0.483 e. The number of hydrogen-bond acceptors (Lipinski definition) is 4. The van der Waals surface area contributed by atoms with E-state index in [0.717, 1.165) is 12.1 Å². The lowest BCUT2D eigenvalue weighted by Crippen LogP contribution is -2.12. The average molecular weight is 236 g/mol. The first-order chi connectivity index (χ1) is 8.19. The van der Waals surface area contributed by atoms with Crippen LogP contribution in [-0.4, -0.2) is 18.1 Å². The number of ether oxygens (including phenoxy) is 1. The third kappa shape index (κ3) is 3.88. The van der Waals surface area contributed by atoms with E-state index in [4.69, 9.17) is 4.74 Å². The van der Waals surface area contributed by atoms with Gasteiger partial charge in [0.1, 0.15) is 6.61 Å². The second kappa shape index (κ2) is 6.65. The molecule has 0 atom stereocenters. The number of rotatable bonds is 7. The Morgan fingerprint density at radius 3 is 2.94 bits per heavy atom. The van der Waals surface area contributed by atoms with E-state index < -0.39 is 4.92 Å². The molecule has 5 nitrogen and oxygen atoms in total. The number of nitrogens with one attached hydrogen (secondary N) is 1. The van der Waals surface area contributed by atoms with Crippen molar-refractivity contribution in [3.05, 3.63) is 46.5 Å². The van der Waals surface area contributed by atoms with Crippen molar-refractivity contribution >= 4 is 5.69 Å². The summed E-state index contributed by atoms with van der Waals surface area (Å²) >= 11 is 0. The fourth-order valence-corrected chi connectivity index (χ4v) is 1.36. The van der Waals surface area contributed by atoms with Crippen molar-refractivity contribution in [2.75, 3.05) is 13.2 Å². The molecule has 1 N–H and O–H groups in total. The summed E-state index contributed by atoms with van der Waals surface area (Å²) in [7, 11) is 0. The second-order valence-electron chi connectivity index (χ2n) is 3.44. The van der Waals surface area contributed by atoms with Crippen LogP contribution in [0.2, 0.25) is 0 Å². The summed E-state index contributed by atoms with van der Waals surface area (Å²) in [6, 6.07) is 4.96. The zero-order valence-corrected chi connectivity index (χ0v) is 9.81. The highest BCUT2D eigenvalue weighted by molar-refractivity contribution is 5.48. The molecule has 1 aromatic carbocycles. The van der Waals surface area contributed by atoms with E-state index in [1.165, 1.54) is 6.07 Å². The third-order valence-electron chi connectivity index (χ3n) is 2.16. The molecule has 0 saturated carbocycles. The van der Waals surface area contributed by atoms with Gasteiger partial charge in [-0.05, 0) is 18.2 Å². The summed E-state index contributed by atoms with van der Waals surface area (Å²) in [5, 5.41) is 14.0. The molecule has 0 heterocycles. The van der Waals surface area contributed by atoms with Gasteiger partial charge in [-0.1, -0.05) is 25.6 Å². The van der Waals surface area contributed by atoms with Crippen molar-refractivity contribution in [2.45, 2.75) is 13.5 Å². The van der Waals surface area contributed by atoms with Crippen molar-refractivity contribution < 1.29 is 9.66 Å². The van der Waals surface area contributed by atoms with Crippen molar-refractivity contribution in [3.63, 3.8) is 0 Å². The maximum absolute atomic E-state index is 10.9. The van der Waals surface area contributed by atoms with Gasteiger partial charge in [-0.3, -0.25) is 10.1 Å². The molecular formula is C12H16N2O3. The van der Waals surface area contributed by atoms with Crippen molar-refractivity contribution in [2.24, 2.45) is 0 Å². The maximum Gasteiger partial charge on any atom is 0.311 e. The van der Waals surface area contributed by atoms with E-state index in [1.807, 2.05) is 13.0 Å². The SMILES string of the molecule is C=CCOc1ccc(CNCC)cc1[N+](=O)[O-]. The highest BCUT2D eigenvalue weighted by Crippen LogP contribution is 2.27. The molecule has 0 bridgehead atoms. The summed E-state index contributed by atoms with van der Waals surface area (Å²) < 4.78 is 5.23. The molecule has 0 unspecified atom stereocenters. The number of nitro benzene ring substituents is 1. The third-order valence-corrected chi connectivity index (χ3v) is 2.16. The van der Waals surface area contributed by atoms with Gasteiger partial charge in [0, 0.05) is 12.6 Å². The zero-order chi connectivity index (χ0) is 12.7. The van der Waals surface area contributed by atoms with Crippen molar-refractivity contribution in [3.8, 4) is 5.75 Å². The number of nitrogens with zero attached hydrogens (tertiary/aromatic N) is 1. The Hall–Kier alpha value is -1.88. The molecule has 0 aliphatic heterocycles. The molecule has 0 amide bonds. The Balaban J connectivity index is 2.91. The summed E-state index contributed by atoms with van der Waals surface area (Å²) in [6.45, 7) is 7.18. The quantitative estimate of drug-likeness (QED) is 0.448. The van der Waals surface area contributed by atoms with E-state index in [-0.39, 0.29) is 18.0 Å². The first-order valence-corrected chi connectivity index (χ1v) is 5.40. The van der Waals surface area contributed by atoms with E-state index in [9.17, 15) is 10.1 Å². The smallest absolute Gasteiger partial charge is 0.311 e. The lowest BCUT2D eigenvalue weighted by molar-refractivity contribution is -0.385. The molecule has 5 heteroatoms. The highest BCUT2D eigenvalue weighted by atomic mass is 16.6. The molecule has 0 saturated heterocycles. The molecule has 0 radical (unpaired) electrons. The Morgan fingerprint density at radius 1 is 1.59 bits per heavy atom. The minimum Gasteiger partial charge on any atom is -0.483 e. The van der Waals surface area contributed by atoms with Crippen LogP contribution in [0, 0.1) is 10.1 Å². The number of benzene rings is 1. The lowest BCUT2D eigenvalue weighted by Gasteiger charge is -2.06. The van der Waals surface area contributed by atoms with Gasteiger partial charge in [0.25, 0.3) is 0 Å². The first-order valence-electron chi connectivity index (χ1n) is 5.40. The Bertz CT molecular complexity index is 405. The minimum absolute atomic E-state index is 0.0118. The molecule has 1 rings (SSSR count). The van der Waals surface area contributed by atoms with Gasteiger partial charge in [-0.2, -0.15) is 0 Å². The summed E-state index contributed by atoms with van der Waals surface area (Å²) in [5.41, 5.74) is 0.853.